The Balaban J connectivity index is 1.44. The van der Waals surface area contributed by atoms with Gasteiger partial charge in [-0.25, -0.2) is 9.48 Å². The predicted molar refractivity (Wildman–Crippen MR) is 113 cm³/mol. The first-order valence-electron chi connectivity index (χ1n) is 9.37. The number of furan rings is 1. The van der Waals surface area contributed by atoms with Gasteiger partial charge < -0.3 is 14.6 Å². The summed E-state index contributed by atoms with van der Waals surface area (Å²) in [6, 6.07) is 17.6. The molecule has 0 bridgehead atoms. The van der Waals surface area contributed by atoms with Gasteiger partial charge >= 0.3 is 6.03 Å². The summed E-state index contributed by atoms with van der Waals surface area (Å²) in [6.07, 6.45) is 5.26. The van der Waals surface area contributed by atoms with Crippen molar-refractivity contribution in [1.29, 1.82) is 0 Å². The first-order chi connectivity index (χ1) is 14.2. The molecule has 4 aromatic rings. The molecule has 0 aliphatic carbocycles. The second-order valence-corrected chi connectivity index (χ2v) is 8.10. The van der Waals surface area contributed by atoms with Gasteiger partial charge in [0.05, 0.1) is 25.0 Å². The summed E-state index contributed by atoms with van der Waals surface area (Å²) in [5.74, 6) is 0.758. The van der Waals surface area contributed by atoms with Crippen molar-refractivity contribution in [2.24, 2.45) is 0 Å². The van der Waals surface area contributed by atoms with Crippen molar-refractivity contribution in [1.82, 2.24) is 20.0 Å². The van der Waals surface area contributed by atoms with Gasteiger partial charge in [-0.15, -0.1) is 11.3 Å². The number of nitrogens with zero attached hydrogens (tertiary/aromatic N) is 3. The highest BCUT2D eigenvalue weighted by molar-refractivity contribution is 7.11. The molecule has 0 unspecified atom stereocenters. The zero-order chi connectivity index (χ0) is 20.1. The van der Waals surface area contributed by atoms with E-state index in [9.17, 15) is 4.79 Å². The number of aromatic nitrogens is 2. The van der Waals surface area contributed by atoms with E-state index >= 15 is 0 Å². The maximum absolute atomic E-state index is 12.9. The Hall–Kier alpha value is -3.32. The number of hydrogen-bond donors (Lipinski definition) is 1. The monoisotopic (exact) mass is 406 g/mol. The summed E-state index contributed by atoms with van der Waals surface area (Å²) in [5, 5.41) is 7.28. The van der Waals surface area contributed by atoms with Crippen LogP contribution in [0.5, 0.6) is 0 Å². The molecule has 0 saturated heterocycles. The van der Waals surface area contributed by atoms with Crippen LogP contribution in [0.25, 0.3) is 5.69 Å². The molecule has 6 nitrogen and oxygen atoms in total. The van der Waals surface area contributed by atoms with Gasteiger partial charge in [0.1, 0.15) is 5.76 Å². The zero-order valence-electron chi connectivity index (χ0n) is 16.1. The molecule has 0 aliphatic heterocycles. The second kappa shape index (κ2) is 8.79. The molecule has 0 fully saturated rings. The van der Waals surface area contributed by atoms with Gasteiger partial charge in [0.25, 0.3) is 0 Å². The van der Waals surface area contributed by atoms with Crippen molar-refractivity contribution in [2.75, 3.05) is 0 Å². The Bertz CT molecular complexity index is 1050. The summed E-state index contributed by atoms with van der Waals surface area (Å²) in [5.41, 5.74) is 1.97. The van der Waals surface area contributed by atoms with Crippen LogP contribution in [0.4, 0.5) is 4.79 Å². The Morgan fingerprint density at radius 2 is 2.10 bits per heavy atom. The fourth-order valence-corrected chi connectivity index (χ4v) is 3.97. The molecule has 7 heteroatoms. The van der Waals surface area contributed by atoms with E-state index in [0.717, 1.165) is 21.9 Å². The van der Waals surface area contributed by atoms with Crippen LogP contribution in [0.15, 0.2) is 77.7 Å². The lowest BCUT2D eigenvalue weighted by Crippen LogP contribution is -2.38. The highest BCUT2D eigenvalue weighted by atomic mass is 32.1. The highest BCUT2D eigenvalue weighted by Crippen LogP contribution is 2.19. The average molecular weight is 407 g/mol. The molecule has 0 radical (unpaired) electrons. The molecule has 0 atom stereocenters. The van der Waals surface area contributed by atoms with Gasteiger partial charge in [0.15, 0.2) is 0 Å². The van der Waals surface area contributed by atoms with Crippen LogP contribution in [0, 0.1) is 6.92 Å². The number of benzene rings is 1. The van der Waals surface area contributed by atoms with Gasteiger partial charge in [-0.1, -0.05) is 12.1 Å². The molecule has 1 aromatic carbocycles. The molecule has 3 heterocycles. The van der Waals surface area contributed by atoms with Crippen molar-refractivity contribution in [3.63, 3.8) is 0 Å². The Labute approximate surface area is 173 Å². The second-order valence-electron chi connectivity index (χ2n) is 6.73. The average Bonchev–Trinajstić information content (AvgIpc) is 3.49. The lowest BCUT2D eigenvalue weighted by Gasteiger charge is -2.21. The number of carbonyl (C=O) groups is 1. The molecule has 4 rings (SSSR count). The molecule has 148 valence electrons. The number of rotatable bonds is 7. The lowest BCUT2D eigenvalue weighted by atomic mass is 10.2. The SMILES string of the molecule is Cc1ccc(CN(Cc2ccco2)C(=O)NCc2cccc(-n3cccn3)c2)s1. The molecule has 2 amide bonds. The summed E-state index contributed by atoms with van der Waals surface area (Å²) >= 11 is 1.70. The van der Waals surface area contributed by atoms with Crippen LogP contribution >= 0.6 is 11.3 Å². The molecule has 1 N–H and O–H groups in total. The summed E-state index contributed by atoms with van der Waals surface area (Å²) in [4.78, 5) is 17.1. The van der Waals surface area contributed by atoms with Crippen molar-refractivity contribution in [2.45, 2.75) is 26.6 Å². The quantitative estimate of drug-likeness (QED) is 0.482. The lowest BCUT2D eigenvalue weighted by molar-refractivity contribution is 0.187. The summed E-state index contributed by atoms with van der Waals surface area (Å²) in [7, 11) is 0. The number of thiophene rings is 1. The molecular formula is C22H22N4O2S. The fraction of sp³-hybridized carbons (Fsp3) is 0.182. The first-order valence-corrected chi connectivity index (χ1v) is 10.2. The van der Waals surface area contributed by atoms with Gasteiger partial charge in [-0.05, 0) is 55.0 Å². The van der Waals surface area contributed by atoms with E-state index in [1.165, 1.54) is 4.88 Å². The summed E-state index contributed by atoms with van der Waals surface area (Å²) in [6.45, 7) is 3.46. The number of hydrogen-bond acceptors (Lipinski definition) is 4. The van der Waals surface area contributed by atoms with Gasteiger partial charge in [0, 0.05) is 28.7 Å². The highest BCUT2D eigenvalue weighted by Gasteiger charge is 2.16. The van der Waals surface area contributed by atoms with Crippen LogP contribution in [-0.2, 0) is 19.6 Å². The minimum atomic E-state index is -0.128. The smallest absolute Gasteiger partial charge is 0.318 e. The van der Waals surface area contributed by atoms with Gasteiger partial charge in [-0.2, -0.15) is 5.10 Å². The normalized spacial score (nSPS) is 10.8. The number of carbonyl (C=O) groups excluding carboxylic acids is 1. The fourth-order valence-electron chi connectivity index (χ4n) is 3.07. The number of urea groups is 1. The third-order valence-corrected chi connectivity index (χ3v) is 5.47. The van der Waals surface area contributed by atoms with E-state index in [2.05, 4.69) is 29.5 Å². The molecule has 29 heavy (non-hydrogen) atoms. The van der Waals surface area contributed by atoms with E-state index < -0.39 is 0 Å². The maximum atomic E-state index is 12.9. The van der Waals surface area contributed by atoms with Crippen LogP contribution in [-0.4, -0.2) is 20.7 Å². The van der Waals surface area contributed by atoms with Crippen LogP contribution in [0.2, 0.25) is 0 Å². The van der Waals surface area contributed by atoms with Gasteiger partial charge in [-0.3, -0.25) is 0 Å². The number of nitrogens with one attached hydrogen (secondary N) is 1. The van der Waals surface area contributed by atoms with Crippen LogP contribution < -0.4 is 5.32 Å². The summed E-state index contributed by atoms with van der Waals surface area (Å²) < 4.78 is 7.25. The van der Waals surface area contributed by atoms with E-state index in [1.54, 1.807) is 33.4 Å². The van der Waals surface area contributed by atoms with Crippen molar-refractivity contribution in [3.05, 3.63) is 94.3 Å². The number of amides is 2. The largest absolute Gasteiger partial charge is 0.467 e. The van der Waals surface area contributed by atoms with Crippen molar-refractivity contribution >= 4 is 17.4 Å². The molecule has 0 aliphatic rings. The zero-order valence-corrected chi connectivity index (χ0v) is 16.9. The first kappa shape index (κ1) is 19.0. The Morgan fingerprint density at radius 3 is 2.83 bits per heavy atom. The van der Waals surface area contributed by atoms with Crippen molar-refractivity contribution in [3.8, 4) is 5.69 Å². The van der Waals surface area contributed by atoms with Gasteiger partial charge in [0.2, 0.25) is 0 Å². The van der Waals surface area contributed by atoms with Crippen molar-refractivity contribution < 1.29 is 9.21 Å². The van der Waals surface area contributed by atoms with E-state index in [-0.39, 0.29) is 6.03 Å². The maximum Gasteiger partial charge on any atom is 0.318 e. The van der Waals surface area contributed by atoms with E-state index in [0.29, 0.717) is 19.6 Å². The molecular weight excluding hydrogens is 384 g/mol. The number of aryl methyl sites for hydroxylation is 1. The Kier molecular flexibility index (Phi) is 5.76. The standard InChI is InChI=1S/C22H22N4O2S/c1-17-8-9-21(29-17)16-25(15-20-7-3-12-28-20)22(27)23-14-18-5-2-6-19(13-18)26-11-4-10-24-26/h2-13H,14-16H2,1H3,(H,23,27). The van der Waals surface area contributed by atoms with Crippen LogP contribution in [0.1, 0.15) is 21.1 Å². The molecule has 0 spiro atoms. The van der Waals surface area contributed by atoms with E-state index in [1.807, 2.05) is 48.7 Å². The van der Waals surface area contributed by atoms with E-state index in [4.69, 9.17) is 4.42 Å². The Morgan fingerprint density at radius 1 is 1.17 bits per heavy atom. The third kappa shape index (κ3) is 4.94. The molecule has 3 aromatic heterocycles. The minimum absolute atomic E-state index is 0.128. The van der Waals surface area contributed by atoms with Crippen LogP contribution in [0.3, 0.4) is 0 Å². The third-order valence-electron chi connectivity index (χ3n) is 4.48. The topological polar surface area (TPSA) is 63.3 Å². The molecule has 0 saturated carbocycles. The minimum Gasteiger partial charge on any atom is -0.467 e. The predicted octanol–water partition coefficient (Wildman–Crippen LogP) is 4.75.